The molecule has 0 radical (unpaired) electrons. The van der Waals surface area contributed by atoms with Gasteiger partial charge in [-0.3, -0.25) is 4.79 Å². The zero-order valence-corrected chi connectivity index (χ0v) is 11.5. The van der Waals surface area contributed by atoms with Gasteiger partial charge in [0.15, 0.2) is 0 Å². The van der Waals surface area contributed by atoms with E-state index in [0.717, 1.165) is 11.1 Å². The molecule has 0 aromatic heterocycles. The van der Waals surface area contributed by atoms with Gasteiger partial charge in [-0.15, -0.1) is 11.6 Å². The SMILES string of the molecule is N#CCc1ccc(NC(=O)c2cccc(CCl)c2)cc1. The fraction of sp³-hybridized carbons (Fsp3) is 0.125. The van der Waals surface area contributed by atoms with Crippen LogP contribution in [0.15, 0.2) is 48.5 Å². The van der Waals surface area contributed by atoms with Crippen LogP contribution in [0.1, 0.15) is 21.5 Å². The maximum absolute atomic E-state index is 12.1. The summed E-state index contributed by atoms with van der Waals surface area (Å²) < 4.78 is 0. The molecule has 0 fully saturated rings. The molecule has 0 aliphatic heterocycles. The van der Waals surface area contributed by atoms with Crippen molar-refractivity contribution >= 4 is 23.2 Å². The number of amides is 1. The van der Waals surface area contributed by atoms with E-state index >= 15 is 0 Å². The van der Waals surface area contributed by atoms with E-state index in [2.05, 4.69) is 11.4 Å². The fourth-order valence-electron chi connectivity index (χ4n) is 1.80. The van der Waals surface area contributed by atoms with Crippen molar-refractivity contribution in [3.8, 4) is 6.07 Å². The molecule has 0 heterocycles. The van der Waals surface area contributed by atoms with E-state index in [4.69, 9.17) is 16.9 Å². The summed E-state index contributed by atoms with van der Waals surface area (Å²) in [6, 6.07) is 16.5. The Labute approximate surface area is 122 Å². The number of hydrogen-bond donors (Lipinski definition) is 1. The van der Waals surface area contributed by atoms with E-state index < -0.39 is 0 Å². The molecule has 0 saturated heterocycles. The first-order chi connectivity index (χ1) is 9.72. The van der Waals surface area contributed by atoms with Crippen LogP contribution in [-0.4, -0.2) is 5.91 Å². The second-order valence-electron chi connectivity index (χ2n) is 4.32. The molecule has 2 rings (SSSR count). The number of nitrogens with one attached hydrogen (secondary N) is 1. The van der Waals surface area contributed by atoms with Gasteiger partial charge in [0.2, 0.25) is 0 Å². The summed E-state index contributed by atoms with van der Waals surface area (Å²) in [5.74, 6) is 0.203. The monoisotopic (exact) mass is 284 g/mol. The molecule has 1 amide bonds. The highest BCUT2D eigenvalue weighted by atomic mass is 35.5. The lowest BCUT2D eigenvalue weighted by Crippen LogP contribution is -2.12. The van der Waals surface area contributed by atoms with Gasteiger partial charge in [-0.05, 0) is 35.4 Å². The van der Waals surface area contributed by atoms with E-state index in [-0.39, 0.29) is 5.91 Å². The first kappa shape index (κ1) is 14.1. The molecule has 0 aliphatic carbocycles. The Morgan fingerprint density at radius 2 is 1.90 bits per heavy atom. The predicted molar refractivity (Wildman–Crippen MR) is 79.7 cm³/mol. The van der Waals surface area contributed by atoms with Crippen molar-refractivity contribution in [1.82, 2.24) is 0 Å². The minimum atomic E-state index is -0.176. The third-order valence-corrected chi connectivity index (χ3v) is 3.15. The number of alkyl halides is 1. The number of carbonyl (C=O) groups is 1. The van der Waals surface area contributed by atoms with Gasteiger partial charge in [0.05, 0.1) is 12.5 Å². The van der Waals surface area contributed by atoms with Gasteiger partial charge in [-0.25, -0.2) is 0 Å². The van der Waals surface area contributed by atoms with Crippen LogP contribution in [0.4, 0.5) is 5.69 Å². The summed E-state index contributed by atoms with van der Waals surface area (Å²) in [6.45, 7) is 0. The third-order valence-electron chi connectivity index (χ3n) is 2.84. The molecular formula is C16H13ClN2O. The van der Waals surface area contributed by atoms with Crippen LogP contribution in [-0.2, 0) is 12.3 Å². The van der Waals surface area contributed by atoms with Crippen LogP contribution in [0.3, 0.4) is 0 Å². The Hall–Kier alpha value is -2.31. The number of rotatable bonds is 4. The molecule has 3 nitrogen and oxygen atoms in total. The van der Waals surface area contributed by atoms with E-state index in [9.17, 15) is 4.79 Å². The maximum Gasteiger partial charge on any atom is 0.255 e. The van der Waals surface area contributed by atoms with Crippen LogP contribution in [0.2, 0.25) is 0 Å². The zero-order valence-electron chi connectivity index (χ0n) is 10.8. The average Bonchev–Trinajstić information content (AvgIpc) is 2.49. The third kappa shape index (κ3) is 3.59. The number of nitriles is 1. The summed E-state index contributed by atoms with van der Waals surface area (Å²) in [7, 11) is 0. The molecule has 0 saturated carbocycles. The molecule has 0 atom stereocenters. The molecule has 20 heavy (non-hydrogen) atoms. The highest BCUT2D eigenvalue weighted by molar-refractivity contribution is 6.17. The van der Waals surface area contributed by atoms with Crippen LogP contribution in [0.25, 0.3) is 0 Å². The van der Waals surface area contributed by atoms with Crippen LogP contribution in [0.5, 0.6) is 0 Å². The first-order valence-corrected chi connectivity index (χ1v) is 6.68. The summed E-state index contributed by atoms with van der Waals surface area (Å²) in [5.41, 5.74) is 3.11. The van der Waals surface area contributed by atoms with Crippen molar-refractivity contribution < 1.29 is 4.79 Å². The minimum absolute atomic E-state index is 0.176. The molecule has 1 N–H and O–H groups in total. The number of nitrogens with zero attached hydrogens (tertiary/aromatic N) is 1. The Morgan fingerprint density at radius 1 is 1.15 bits per heavy atom. The summed E-state index contributed by atoms with van der Waals surface area (Å²) in [6.07, 6.45) is 0.367. The maximum atomic E-state index is 12.1. The molecule has 2 aromatic carbocycles. The Morgan fingerprint density at radius 3 is 2.55 bits per heavy atom. The van der Waals surface area contributed by atoms with Crippen LogP contribution in [0, 0.1) is 11.3 Å². The molecule has 0 unspecified atom stereocenters. The summed E-state index contributed by atoms with van der Waals surface area (Å²) >= 11 is 5.75. The van der Waals surface area contributed by atoms with Gasteiger partial charge < -0.3 is 5.32 Å². The highest BCUT2D eigenvalue weighted by Crippen LogP contribution is 2.13. The van der Waals surface area contributed by atoms with Crippen molar-refractivity contribution in [3.63, 3.8) is 0 Å². The molecule has 2 aromatic rings. The van der Waals surface area contributed by atoms with Crippen LogP contribution < -0.4 is 5.32 Å². The van der Waals surface area contributed by atoms with Crippen molar-refractivity contribution in [2.24, 2.45) is 0 Å². The number of anilines is 1. The second-order valence-corrected chi connectivity index (χ2v) is 4.59. The number of hydrogen-bond acceptors (Lipinski definition) is 2. The molecule has 4 heteroatoms. The van der Waals surface area contributed by atoms with Crippen molar-refractivity contribution in [1.29, 1.82) is 5.26 Å². The van der Waals surface area contributed by atoms with Crippen LogP contribution >= 0.6 is 11.6 Å². The summed E-state index contributed by atoms with van der Waals surface area (Å²) in [4.78, 5) is 12.1. The zero-order chi connectivity index (χ0) is 14.4. The quantitative estimate of drug-likeness (QED) is 0.870. The second kappa shape index (κ2) is 6.74. The lowest BCUT2D eigenvalue weighted by molar-refractivity contribution is 0.102. The lowest BCUT2D eigenvalue weighted by Gasteiger charge is -2.06. The van der Waals surface area contributed by atoms with Gasteiger partial charge in [-0.2, -0.15) is 5.26 Å². The largest absolute Gasteiger partial charge is 0.322 e. The van der Waals surface area contributed by atoms with E-state index in [0.29, 0.717) is 23.6 Å². The van der Waals surface area contributed by atoms with E-state index in [1.807, 2.05) is 24.3 Å². The number of carbonyl (C=O) groups excluding carboxylic acids is 1. The van der Waals surface area contributed by atoms with Crippen molar-refractivity contribution in [2.45, 2.75) is 12.3 Å². The topological polar surface area (TPSA) is 52.9 Å². The smallest absolute Gasteiger partial charge is 0.255 e. The number of benzene rings is 2. The molecule has 0 spiro atoms. The van der Waals surface area contributed by atoms with Gasteiger partial charge >= 0.3 is 0 Å². The molecule has 100 valence electrons. The van der Waals surface area contributed by atoms with Crippen molar-refractivity contribution in [2.75, 3.05) is 5.32 Å². The fourth-order valence-corrected chi connectivity index (χ4v) is 1.96. The number of halogens is 1. The normalized spacial score (nSPS) is 9.80. The lowest BCUT2D eigenvalue weighted by atomic mass is 10.1. The first-order valence-electron chi connectivity index (χ1n) is 6.15. The standard InChI is InChI=1S/C16H13ClN2O/c17-11-13-2-1-3-14(10-13)16(20)19-15-6-4-12(5-7-15)8-9-18/h1-7,10H,8,11H2,(H,19,20). The van der Waals surface area contributed by atoms with E-state index in [1.165, 1.54) is 0 Å². The molecule has 0 aliphatic rings. The average molecular weight is 285 g/mol. The van der Waals surface area contributed by atoms with Crippen molar-refractivity contribution in [3.05, 3.63) is 65.2 Å². The Bertz CT molecular complexity index is 644. The molecular weight excluding hydrogens is 272 g/mol. The molecule has 0 bridgehead atoms. The minimum Gasteiger partial charge on any atom is -0.322 e. The summed E-state index contributed by atoms with van der Waals surface area (Å²) in [5, 5.41) is 11.4. The van der Waals surface area contributed by atoms with Gasteiger partial charge in [-0.1, -0.05) is 24.3 Å². The van der Waals surface area contributed by atoms with Gasteiger partial charge in [0.1, 0.15) is 0 Å². The Balaban J connectivity index is 2.09. The highest BCUT2D eigenvalue weighted by Gasteiger charge is 2.06. The van der Waals surface area contributed by atoms with Gasteiger partial charge in [0, 0.05) is 17.1 Å². The Kier molecular flexibility index (Phi) is 4.75. The van der Waals surface area contributed by atoms with Gasteiger partial charge in [0.25, 0.3) is 5.91 Å². The van der Waals surface area contributed by atoms with E-state index in [1.54, 1.807) is 24.3 Å². The predicted octanol–water partition coefficient (Wildman–Crippen LogP) is 3.74.